The van der Waals surface area contributed by atoms with Crippen LogP contribution < -0.4 is 0 Å². The topological polar surface area (TPSA) is 237 Å². The van der Waals surface area contributed by atoms with Crippen LogP contribution in [0.25, 0.3) is 0 Å². The summed E-state index contributed by atoms with van der Waals surface area (Å²) in [4.78, 5) is 73.4. The summed E-state index contributed by atoms with van der Waals surface area (Å²) in [6, 6.07) is 0. The first-order valence-corrected chi connectivity index (χ1v) is 50.0. The molecule has 0 aromatic carbocycles. The van der Waals surface area contributed by atoms with Gasteiger partial charge in [-0.3, -0.25) is 37.3 Å². The minimum atomic E-state index is -4.97. The van der Waals surface area contributed by atoms with E-state index in [1.54, 1.807) is 0 Å². The number of hydrogen-bond acceptors (Lipinski definition) is 15. The van der Waals surface area contributed by atoms with Gasteiger partial charge in [-0.1, -0.05) is 440 Å². The van der Waals surface area contributed by atoms with Crippen LogP contribution in [0.3, 0.4) is 0 Å². The van der Waals surface area contributed by atoms with E-state index < -0.39 is 97.5 Å². The summed E-state index contributed by atoms with van der Waals surface area (Å²) in [7, 11) is -9.94. The predicted molar refractivity (Wildman–Crippen MR) is 455 cm³/mol. The lowest BCUT2D eigenvalue weighted by Crippen LogP contribution is -2.30. The molecule has 0 rings (SSSR count). The van der Waals surface area contributed by atoms with Crippen molar-refractivity contribution in [1.29, 1.82) is 0 Å². The average Bonchev–Trinajstić information content (AvgIpc) is 0.894. The van der Waals surface area contributed by atoms with Crippen LogP contribution in [0.15, 0.2) is 0 Å². The Bertz CT molecular complexity index is 2100. The second-order valence-electron chi connectivity index (χ2n) is 33.4. The van der Waals surface area contributed by atoms with E-state index in [0.29, 0.717) is 25.7 Å². The predicted octanol–water partition coefficient (Wildman–Crippen LogP) is 28.2. The van der Waals surface area contributed by atoms with Gasteiger partial charge in [0.15, 0.2) is 12.2 Å². The molecule has 0 fully saturated rings. The normalized spacial score (nSPS) is 14.0. The number of carbonyl (C=O) groups excluding carboxylic acids is 4. The molecule has 0 aromatic rings. The van der Waals surface area contributed by atoms with E-state index in [9.17, 15) is 43.2 Å². The van der Waals surface area contributed by atoms with Crippen LogP contribution in [-0.4, -0.2) is 96.7 Å². The molecule has 0 radical (unpaired) electrons. The molecule has 654 valence electrons. The lowest BCUT2D eigenvalue weighted by Gasteiger charge is -2.21. The smallest absolute Gasteiger partial charge is 0.462 e. The first-order chi connectivity index (χ1) is 53.4. The highest BCUT2D eigenvalue weighted by Gasteiger charge is 2.31. The largest absolute Gasteiger partial charge is 0.472 e. The summed E-state index contributed by atoms with van der Waals surface area (Å²) < 4.78 is 69.1. The number of phosphoric acid groups is 2. The van der Waals surface area contributed by atoms with Gasteiger partial charge >= 0.3 is 39.5 Å². The number of carbonyl (C=O) groups is 4. The van der Waals surface area contributed by atoms with Crippen molar-refractivity contribution in [1.82, 2.24) is 0 Å². The molecular weight excluding hydrogens is 1430 g/mol. The second kappa shape index (κ2) is 82.2. The standard InChI is InChI=1S/C91H178O17P2/c1-7-10-12-14-16-18-20-22-24-26-28-29-30-31-33-35-41-45-51-58-64-70-75-90(95)107-86(79-101-88(93)73-67-61-55-49-43-39-37-36-38-42-48-54-60-66-72-84(6)9-3)81-105-109(97,98)103-77-85(92)78-104-110(99,100)106-82-87(80-102-89(94)74-68-62-56-52-46-47-53-59-65-71-83(4)5)108-91(96)76-69-63-57-50-44-40-34-32-27-25-23-21-19-17-15-13-11-8-2/h83-87,92H,7-82H2,1-6H3,(H,97,98)(H,99,100)/t84?,85-,86-,87-/m1/s1. The molecule has 0 heterocycles. The molecule has 3 unspecified atom stereocenters. The SMILES string of the molecule is CCCCCCCCCCCCCCCCCCCCCCCCC(=O)O[C@H](COC(=O)CCCCCCCCCCCCCCCCC(C)CC)COP(=O)(O)OC[C@@H](O)COP(=O)(O)OC[C@@H](COC(=O)CCCCCCCCCCCC(C)C)OC(=O)CCCCCCCCCCCCCCCCCCCC. The zero-order valence-corrected chi connectivity index (χ0v) is 74.4. The van der Waals surface area contributed by atoms with Crippen LogP contribution in [0.1, 0.15) is 491 Å². The molecule has 3 N–H and O–H groups in total. The molecule has 0 amide bonds. The molecule has 0 spiro atoms. The Balaban J connectivity index is 5.25. The second-order valence-corrected chi connectivity index (χ2v) is 36.3. The number of ether oxygens (including phenoxy) is 4. The van der Waals surface area contributed by atoms with E-state index in [1.165, 1.54) is 308 Å². The zero-order valence-electron chi connectivity index (χ0n) is 72.6. The Kier molecular flexibility index (Phi) is 80.7. The van der Waals surface area contributed by atoms with E-state index in [-0.39, 0.29) is 25.7 Å². The molecule has 0 saturated carbocycles. The molecule has 110 heavy (non-hydrogen) atoms. The summed E-state index contributed by atoms with van der Waals surface area (Å²) in [5.41, 5.74) is 0. The van der Waals surface area contributed by atoms with Gasteiger partial charge in [0.1, 0.15) is 19.3 Å². The lowest BCUT2D eigenvalue weighted by atomic mass is 9.99. The molecule has 19 heteroatoms. The average molecular weight is 1610 g/mol. The van der Waals surface area contributed by atoms with Crippen LogP contribution in [0.5, 0.6) is 0 Å². The molecule has 0 aliphatic rings. The van der Waals surface area contributed by atoms with E-state index in [4.69, 9.17) is 37.0 Å². The summed E-state index contributed by atoms with van der Waals surface area (Å²) >= 11 is 0. The quantitative estimate of drug-likeness (QED) is 0.0222. The van der Waals surface area contributed by atoms with Crippen LogP contribution in [0, 0.1) is 11.8 Å². The molecule has 0 aromatic heterocycles. The van der Waals surface area contributed by atoms with Crippen LogP contribution in [-0.2, 0) is 65.4 Å². The van der Waals surface area contributed by atoms with Gasteiger partial charge in [-0.2, -0.15) is 0 Å². The number of rotatable bonds is 90. The number of hydrogen-bond donors (Lipinski definition) is 3. The fourth-order valence-electron chi connectivity index (χ4n) is 14.3. The molecule has 17 nitrogen and oxygen atoms in total. The van der Waals surface area contributed by atoms with Crippen LogP contribution in [0.4, 0.5) is 0 Å². The van der Waals surface area contributed by atoms with E-state index in [0.717, 1.165) is 102 Å². The van der Waals surface area contributed by atoms with E-state index >= 15 is 0 Å². The maximum Gasteiger partial charge on any atom is 0.472 e. The third-order valence-corrected chi connectivity index (χ3v) is 23.7. The van der Waals surface area contributed by atoms with Crippen molar-refractivity contribution in [3.05, 3.63) is 0 Å². The monoisotopic (exact) mass is 1610 g/mol. The highest BCUT2D eigenvalue weighted by atomic mass is 31.2. The Morgan fingerprint density at radius 2 is 0.464 bits per heavy atom. The molecule has 0 bridgehead atoms. The third-order valence-electron chi connectivity index (χ3n) is 21.8. The highest BCUT2D eigenvalue weighted by molar-refractivity contribution is 7.47. The first-order valence-electron chi connectivity index (χ1n) is 47.0. The summed E-state index contributed by atoms with van der Waals surface area (Å²) in [6.45, 7) is 9.74. The fourth-order valence-corrected chi connectivity index (χ4v) is 15.9. The van der Waals surface area contributed by atoms with Crippen molar-refractivity contribution in [2.24, 2.45) is 11.8 Å². The minimum absolute atomic E-state index is 0.109. The number of esters is 4. The van der Waals surface area contributed by atoms with Gasteiger partial charge in [0.25, 0.3) is 0 Å². The molecular formula is C91H178O17P2. The van der Waals surface area contributed by atoms with Gasteiger partial charge in [-0.15, -0.1) is 0 Å². The van der Waals surface area contributed by atoms with Crippen molar-refractivity contribution in [2.75, 3.05) is 39.6 Å². The van der Waals surface area contributed by atoms with E-state index in [1.807, 2.05) is 0 Å². The van der Waals surface area contributed by atoms with Crippen LogP contribution >= 0.6 is 15.6 Å². The van der Waals surface area contributed by atoms with Gasteiger partial charge < -0.3 is 33.8 Å². The lowest BCUT2D eigenvalue weighted by molar-refractivity contribution is -0.161. The van der Waals surface area contributed by atoms with Gasteiger partial charge in [-0.25, -0.2) is 9.13 Å². The Morgan fingerprint density at radius 3 is 0.691 bits per heavy atom. The van der Waals surface area contributed by atoms with E-state index in [2.05, 4.69) is 41.5 Å². The molecule has 6 atom stereocenters. The first kappa shape index (κ1) is 108. The Labute approximate surface area is 677 Å². The molecule has 0 aliphatic carbocycles. The third kappa shape index (κ3) is 82.6. The summed E-state index contributed by atoms with van der Waals surface area (Å²) in [5, 5.41) is 10.7. The fraction of sp³-hybridized carbons (Fsp3) is 0.956. The van der Waals surface area contributed by atoms with Crippen molar-refractivity contribution in [3.8, 4) is 0 Å². The van der Waals surface area contributed by atoms with Crippen molar-refractivity contribution in [2.45, 2.75) is 509 Å². The number of aliphatic hydroxyl groups excluding tert-OH is 1. The zero-order chi connectivity index (χ0) is 80.6. The summed E-state index contributed by atoms with van der Waals surface area (Å²) in [6.07, 6.45) is 76.4. The minimum Gasteiger partial charge on any atom is -0.462 e. The van der Waals surface area contributed by atoms with Gasteiger partial charge in [0.2, 0.25) is 0 Å². The van der Waals surface area contributed by atoms with Crippen molar-refractivity contribution < 1.29 is 80.2 Å². The van der Waals surface area contributed by atoms with Crippen molar-refractivity contribution >= 4 is 39.5 Å². The number of aliphatic hydroxyl groups is 1. The maximum absolute atomic E-state index is 13.2. The van der Waals surface area contributed by atoms with Gasteiger partial charge in [-0.05, 0) is 37.5 Å². The Hall–Kier alpha value is -1.94. The Morgan fingerprint density at radius 1 is 0.264 bits per heavy atom. The molecule has 0 saturated heterocycles. The van der Waals surface area contributed by atoms with Gasteiger partial charge in [0.05, 0.1) is 26.4 Å². The molecule has 0 aliphatic heterocycles. The van der Waals surface area contributed by atoms with Gasteiger partial charge in [0, 0.05) is 25.7 Å². The number of phosphoric ester groups is 2. The maximum atomic E-state index is 13.2. The van der Waals surface area contributed by atoms with Crippen molar-refractivity contribution in [3.63, 3.8) is 0 Å². The highest BCUT2D eigenvalue weighted by Crippen LogP contribution is 2.45. The summed E-state index contributed by atoms with van der Waals surface area (Å²) in [5.74, 6) is -0.502. The number of unbranched alkanes of at least 4 members (excludes halogenated alkanes) is 59. The van der Waals surface area contributed by atoms with Crippen LogP contribution in [0.2, 0.25) is 0 Å².